The van der Waals surface area contributed by atoms with E-state index < -0.39 is 5.41 Å². The van der Waals surface area contributed by atoms with Gasteiger partial charge in [-0.2, -0.15) is 0 Å². The lowest BCUT2D eigenvalue weighted by molar-refractivity contribution is 0.666. The minimum atomic E-state index is -0.425. The normalized spacial score (nSPS) is 13.8. The summed E-state index contributed by atoms with van der Waals surface area (Å²) in [6.45, 7) is 0. The van der Waals surface area contributed by atoms with Gasteiger partial charge in [0.05, 0.1) is 10.4 Å². The van der Waals surface area contributed by atoms with Gasteiger partial charge in [-0.05, 0) is 51.6 Å². The molecule has 1 aliphatic rings. The van der Waals surface area contributed by atoms with Crippen molar-refractivity contribution in [3.8, 4) is 11.1 Å². The van der Waals surface area contributed by atoms with Crippen LogP contribution in [0.4, 0.5) is 0 Å². The Hall–Kier alpha value is -3.81. The number of hydrogen-bond acceptors (Lipinski definition) is 1. The van der Waals surface area contributed by atoms with Crippen LogP contribution < -0.4 is 0 Å². The van der Waals surface area contributed by atoms with E-state index in [4.69, 9.17) is 16.0 Å². The summed E-state index contributed by atoms with van der Waals surface area (Å²) in [4.78, 5) is 0. The summed E-state index contributed by atoms with van der Waals surface area (Å²) >= 11 is 6.49. The number of hydrogen-bond donors (Lipinski definition) is 0. The van der Waals surface area contributed by atoms with E-state index in [0.29, 0.717) is 5.02 Å². The summed E-state index contributed by atoms with van der Waals surface area (Å²) in [7, 11) is 0. The molecule has 1 aromatic heterocycles. The summed E-state index contributed by atoms with van der Waals surface area (Å²) in [5.41, 5.74) is 8.72. The Morgan fingerprint density at radius 2 is 1.21 bits per heavy atom. The molecule has 156 valence electrons. The second-order valence-electron chi connectivity index (χ2n) is 8.64. The summed E-state index contributed by atoms with van der Waals surface area (Å²) < 4.78 is 6.34. The van der Waals surface area contributed by atoms with E-state index in [-0.39, 0.29) is 0 Å². The minimum Gasteiger partial charge on any atom is -0.454 e. The fourth-order valence-corrected chi connectivity index (χ4v) is 5.91. The van der Waals surface area contributed by atoms with Crippen molar-refractivity contribution in [1.29, 1.82) is 0 Å². The highest BCUT2D eigenvalue weighted by Gasteiger charge is 2.46. The van der Waals surface area contributed by atoms with Crippen molar-refractivity contribution in [3.63, 3.8) is 0 Å². The number of furan rings is 1. The third kappa shape index (κ3) is 2.43. The monoisotopic (exact) mass is 442 g/mol. The lowest BCUT2D eigenvalue weighted by atomic mass is 9.67. The van der Waals surface area contributed by atoms with Gasteiger partial charge in [-0.3, -0.25) is 0 Å². The highest BCUT2D eigenvalue weighted by molar-refractivity contribution is 6.35. The van der Waals surface area contributed by atoms with Gasteiger partial charge in [0.2, 0.25) is 0 Å². The predicted octanol–water partition coefficient (Wildman–Crippen LogP) is 8.60. The van der Waals surface area contributed by atoms with E-state index in [2.05, 4.69) is 103 Å². The second-order valence-corrected chi connectivity index (χ2v) is 9.05. The van der Waals surface area contributed by atoms with Crippen molar-refractivity contribution < 1.29 is 4.42 Å². The molecule has 7 rings (SSSR count). The zero-order chi connectivity index (χ0) is 22.0. The van der Waals surface area contributed by atoms with Gasteiger partial charge in [0.1, 0.15) is 5.58 Å². The Kier molecular flexibility index (Phi) is 3.88. The number of benzene rings is 5. The molecule has 33 heavy (non-hydrogen) atoms. The van der Waals surface area contributed by atoms with Crippen LogP contribution in [0.25, 0.3) is 33.1 Å². The quantitative estimate of drug-likeness (QED) is 0.261. The molecule has 5 aromatic carbocycles. The van der Waals surface area contributed by atoms with Crippen LogP contribution in [0.3, 0.4) is 0 Å². The van der Waals surface area contributed by atoms with Crippen LogP contribution in [0.15, 0.2) is 120 Å². The third-order valence-electron chi connectivity index (χ3n) is 7.03. The van der Waals surface area contributed by atoms with Crippen molar-refractivity contribution in [2.24, 2.45) is 0 Å². The summed E-state index contributed by atoms with van der Waals surface area (Å²) in [6, 6.07) is 40.9. The SMILES string of the molecule is Clc1cccc2c1oc1cc3c(cc12)-c1ccccc1C3(c1ccccc1)c1ccccc1. The highest BCUT2D eigenvalue weighted by atomic mass is 35.5. The maximum absolute atomic E-state index is 6.49. The van der Waals surface area contributed by atoms with Crippen LogP contribution in [-0.2, 0) is 5.41 Å². The van der Waals surface area contributed by atoms with E-state index in [1.165, 1.54) is 33.4 Å². The first-order valence-electron chi connectivity index (χ1n) is 11.1. The van der Waals surface area contributed by atoms with Crippen molar-refractivity contribution >= 4 is 33.5 Å². The lowest BCUT2D eigenvalue weighted by Gasteiger charge is -2.33. The molecule has 1 heterocycles. The Labute approximate surface area is 196 Å². The van der Waals surface area contributed by atoms with Gasteiger partial charge in [0.25, 0.3) is 0 Å². The maximum Gasteiger partial charge on any atom is 0.153 e. The van der Waals surface area contributed by atoms with Crippen molar-refractivity contribution in [3.05, 3.63) is 143 Å². The van der Waals surface area contributed by atoms with Gasteiger partial charge in [0, 0.05) is 10.8 Å². The first kappa shape index (κ1) is 18.7. The Balaban J connectivity index is 1.68. The fraction of sp³-hybridized carbons (Fsp3) is 0.0323. The van der Waals surface area contributed by atoms with Crippen molar-refractivity contribution in [1.82, 2.24) is 0 Å². The van der Waals surface area contributed by atoms with E-state index in [0.717, 1.165) is 21.9 Å². The summed E-state index contributed by atoms with van der Waals surface area (Å²) in [5.74, 6) is 0. The van der Waals surface area contributed by atoms with Crippen molar-refractivity contribution in [2.75, 3.05) is 0 Å². The summed E-state index contributed by atoms with van der Waals surface area (Å²) in [5, 5.41) is 2.79. The molecule has 0 bridgehead atoms. The van der Waals surface area contributed by atoms with Crippen LogP contribution in [0.5, 0.6) is 0 Å². The number of fused-ring (bicyclic) bond motifs is 6. The molecule has 0 saturated heterocycles. The smallest absolute Gasteiger partial charge is 0.153 e. The van der Waals surface area contributed by atoms with Crippen LogP contribution in [-0.4, -0.2) is 0 Å². The Morgan fingerprint density at radius 1 is 0.545 bits per heavy atom. The zero-order valence-corrected chi connectivity index (χ0v) is 18.5. The highest BCUT2D eigenvalue weighted by Crippen LogP contribution is 2.57. The van der Waals surface area contributed by atoms with Crippen LogP contribution in [0.1, 0.15) is 22.3 Å². The van der Waals surface area contributed by atoms with E-state index in [9.17, 15) is 0 Å². The largest absolute Gasteiger partial charge is 0.454 e. The second kappa shape index (κ2) is 6.84. The standard InChI is InChI=1S/C31H19ClO/c32-28-17-9-15-23-25-18-24-22-14-7-8-16-26(22)31(20-10-3-1-4-11-20,21-12-5-2-6-13-21)27(24)19-29(25)33-30(23)28/h1-19H. The molecule has 6 aromatic rings. The average Bonchev–Trinajstić information content (AvgIpc) is 3.38. The molecule has 0 saturated carbocycles. The lowest BCUT2D eigenvalue weighted by Crippen LogP contribution is -2.28. The number of rotatable bonds is 2. The van der Waals surface area contributed by atoms with Gasteiger partial charge in [-0.15, -0.1) is 0 Å². The molecule has 0 unspecified atom stereocenters. The zero-order valence-electron chi connectivity index (χ0n) is 17.8. The predicted molar refractivity (Wildman–Crippen MR) is 136 cm³/mol. The molecule has 0 radical (unpaired) electrons. The molecule has 0 N–H and O–H groups in total. The van der Waals surface area contributed by atoms with E-state index in [1.54, 1.807) is 0 Å². The molecular formula is C31H19ClO. The Morgan fingerprint density at radius 3 is 1.94 bits per heavy atom. The third-order valence-corrected chi connectivity index (χ3v) is 7.33. The molecule has 0 aliphatic heterocycles. The number of halogens is 1. The van der Waals surface area contributed by atoms with Gasteiger partial charge in [-0.1, -0.05) is 109 Å². The number of para-hydroxylation sites is 1. The molecule has 1 aliphatic carbocycles. The van der Waals surface area contributed by atoms with Crippen LogP contribution in [0.2, 0.25) is 5.02 Å². The van der Waals surface area contributed by atoms with Gasteiger partial charge in [0.15, 0.2) is 5.58 Å². The average molecular weight is 443 g/mol. The molecular weight excluding hydrogens is 424 g/mol. The van der Waals surface area contributed by atoms with Gasteiger partial charge in [-0.25, -0.2) is 0 Å². The van der Waals surface area contributed by atoms with E-state index >= 15 is 0 Å². The molecule has 1 nitrogen and oxygen atoms in total. The van der Waals surface area contributed by atoms with Crippen LogP contribution in [0, 0.1) is 0 Å². The van der Waals surface area contributed by atoms with E-state index in [1.807, 2.05) is 12.1 Å². The summed E-state index contributed by atoms with van der Waals surface area (Å²) in [6.07, 6.45) is 0. The van der Waals surface area contributed by atoms with Crippen molar-refractivity contribution in [2.45, 2.75) is 5.41 Å². The fourth-order valence-electron chi connectivity index (χ4n) is 5.70. The van der Waals surface area contributed by atoms with Crippen LogP contribution >= 0.6 is 11.6 Å². The van der Waals surface area contributed by atoms with Gasteiger partial charge < -0.3 is 4.42 Å². The first-order chi connectivity index (χ1) is 16.3. The molecule has 0 atom stereocenters. The molecule has 2 heteroatoms. The minimum absolute atomic E-state index is 0.425. The molecule has 0 fully saturated rings. The topological polar surface area (TPSA) is 13.1 Å². The Bertz CT molecular complexity index is 1620. The molecule has 0 spiro atoms. The molecule has 0 amide bonds. The van der Waals surface area contributed by atoms with Gasteiger partial charge >= 0.3 is 0 Å². The maximum atomic E-state index is 6.49. The first-order valence-corrected chi connectivity index (χ1v) is 11.5.